The molecule has 0 aliphatic rings. The summed E-state index contributed by atoms with van der Waals surface area (Å²) >= 11 is 0. The summed E-state index contributed by atoms with van der Waals surface area (Å²) in [6.07, 6.45) is 0. The molecule has 0 unspecified atom stereocenters. The fourth-order valence-electron chi connectivity index (χ4n) is 1.81. The summed E-state index contributed by atoms with van der Waals surface area (Å²) < 4.78 is 5.30. The Kier molecular flexibility index (Phi) is 3.51. The number of guanidine groups is 2. The molecule has 0 saturated carbocycles. The lowest BCUT2D eigenvalue weighted by atomic mass is 10.1. The maximum Gasteiger partial charge on any atom is 0.223 e. The first kappa shape index (κ1) is 12.7. The molecule has 0 amide bonds. The average molecular weight is 257 g/mol. The molecule has 6 N–H and O–H groups in total. The summed E-state index contributed by atoms with van der Waals surface area (Å²) in [7, 11) is 1.62. The molecule has 0 radical (unpaired) electrons. The van der Waals surface area contributed by atoms with E-state index in [1.165, 1.54) is 0 Å². The maximum atomic E-state index is 5.64. The number of ether oxygens (including phenoxy) is 1. The number of fused-ring (bicyclic) bond motifs is 1. The monoisotopic (exact) mass is 257 g/mol. The fraction of sp³-hybridized carbons (Fsp3) is 0.0769. The van der Waals surface area contributed by atoms with Gasteiger partial charge in [0, 0.05) is 10.8 Å². The van der Waals surface area contributed by atoms with Crippen molar-refractivity contribution in [3.8, 4) is 5.75 Å². The van der Waals surface area contributed by atoms with Crippen molar-refractivity contribution < 1.29 is 4.74 Å². The van der Waals surface area contributed by atoms with E-state index in [4.69, 9.17) is 21.9 Å². The van der Waals surface area contributed by atoms with Gasteiger partial charge in [0.25, 0.3) is 0 Å². The van der Waals surface area contributed by atoms with Crippen LogP contribution >= 0.6 is 0 Å². The Hall–Kier alpha value is -2.76. The molecule has 6 nitrogen and oxygen atoms in total. The molecule has 0 heterocycles. The van der Waals surface area contributed by atoms with Crippen molar-refractivity contribution >= 4 is 28.4 Å². The first-order valence-corrected chi connectivity index (χ1v) is 5.61. The molecule has 98 valence electrons. The predicted molar refractivity (Wildman–Crippen MR) is 77.6 cm³/mol. The van der Waals surface area contributed by atoms with Crippen molar-refractivity contribution in [2.75, 3.05) is 7.11 Å². The number of benzene rings is 2. The first-order valence-electron chi connectivity index (χ1n) is 5.61. The lowest BCUT2D eigenvalue weighted by molar-refractivity contribution is 0.420. The predicted octanol–water partition coefficient (Wildman–Crippen LogP) is 1.07. The van der Waals surface area contributed by atoms with Gasteiger partial charge in [0.1, 0.15) is 5.75 Å². The number of hydrogen-bond donors (Lipinski definition) is 3. The lowest BCUT2D eigenvalue weighted by Crippen LogP contribution is -2.26. The molecule has 0 aliphatic heterocycles. The number of aliphatic imine (C=N–C) groups is 2. The van der Waals surface area contributed by atoms with Gasteiger partial charge in [0.15, 0.2) is 5.96 Å². The highest BCUT2D eigenvalue weighted by Crippen LogP contribution is 2.32. The molecule has 2 rings (SSSR count). The SMILES string of the molecule is COc1ccc(N=C(N)N=C(N)N)c2ccccc12. The Bertz CT molecular complexity index is 659. The van der Waals surface area contributed by atoms with Crippen LogP contribution < -0.4 is 21.9 Å². The molecule has 0 aromatic heterocycles. The van der Waals surface area contributed by atoms with Crippen LogP contribution in [0.3, 0.4) is 0 Å². The van der Waals surface area contributed by atoms with E-state index < -0.39 is 0 Å². The zero-order valence-corrected chi connectivity index (χ0v) is 10.5. The summed E-state index contributed by atoms with van der Waals surface area (Å²) in [5.74, 6) is 0.657. The third kappa shape index (κ3) is 2.74. The van der Waals surface area contributed by atoms with E-state index in [2.05, 4.69) is 9.98 Å². The Morgan fingerprint density at radius 2 is 1.68 bits per heavy atom. The number of nitrogens with two attached hydrogens (primary N) is 3. The molecule has 6 heteroatoms. The zero-order chi connectivity index (χ0) is 13.8. The molecule has 0 saturated heterocycles. The molecule has 2 aromatic carbocycles. The van der Waals surface area contributed by atoms with E-state index >= 15 is 0 Å². The van der Waals surface area contributed by atoms with Gasteiger partial charge < -0.3 is 21.9 Å². The standard InChI is InChI=1S/C13H15N5O/c1-19-11-7-6-10(17-13(16)18-12(14)15)8-4-2-3-5-9(8)11/h2-7H,1H3,(H6,14,15,16,17,18). The normalized spacial score (nSPS) is 11.3. The van der Waals surface area contributed by atoms with Crippen LogP contribution in [-0.2, 0) is 0 Å². The van der Waals surface area contributed by atoms with Crippen LogP contribution in [0.1, 0.15) is 0 Å². The quantitative estimate of drug-likeness (QED) is 0.551. The van der Waals surface area contributed by atoms with Crippen molar-refractivity contribution in [3.63, 3.8) is 0 Å². The molecule has 0 fully saturated rings. The van der Waals surface area contributed by atoms with Crippen LogP contribution in [0.2, 0.25) is 0 Å². The highest BCUT2D eigenvalue weighted by Gasteiger charge is 2.05. The van der Waals surface area contributed by atoms with Crippen LogP contribution in [-0.4, -0.2) is 19.0 Å². The Labute approximate surface area is 110 Å². The molecule has 0 atom stereocenters. The topological polar surface area (TPSA) is 112 Å². The van der Waals surface area contributed by atoms with E-state index in [1.54, 1.807) is 13.2 Å². The van der Waals surface area contributed by atoms with Crippen molar-refractivity contribution in [1.82, 2.24) is 0 Å². The summed E-state index contributed by atoms with van der Waals surface area (Å²) in [6.45, 7) is 0. The molecule has 0 aliphatic carbocycles. The van der Waals surface area contributed by atoms with Crippen LogP contribution in [0, 0.1) is 0 Å². The van der Waals surface area contributed by atoms with E-state index in [-0.39, 0.29) is 11.9 Å². The van der Waals surface area contributed by atoms with Gasteiger partial charge in [-0.05, 0) is 12.1 Å². The number of nitrogens with zero attached hydrogens (tertiary/aromatic N) is 2. The minimum Gasteiger partial charge on any atom is -0.496 e. The van der Waals surface area contributed by atoms with Gasteiger partial charge in [-0.25, -0.2) is 4.99 Å². The van der Waals surface area contributed by atoms with Gasteiger partial charge in [-0.15, -0.1) is 0 Å². The van der Waals surface area contributed by atoms with Gasteiger partial charge in [-0.2, -0.15) is 4.99 Å². The first-order chi connectivity index (χ1) is 9.11. The third-order valence-electron chi connectivity index (χ3n) is 2.56. The molecule has 2 aromatic rings. The third-order valence-corrected chi connectivity index (χ3v) is 2.56. The van der Waals surface area contributed by atoms with Gasteiger partial charge in [0.05, 0.1) is 12.8 Å². The van der Waals surface area contributed by atoms with Gasteiger partial charge >= 0.3 is 0 Å². The van der Waals surface area contributed by atoms with E-state index in [1.807, 2.05) is 30.3 Å². The highest BCUT2D eigenvalue weighted by molar-refractivity contribution is 6.00. The van der Waals surface area contributed by atoms with Crippen molar-refractivity contribution in [2.24, 2.45) is 27.2 Å². The average Bonchev–Trinajstić information content (AvgIpc) is 2.38. The van der Waals surface area contributed by atoms with E-state index in [9.17, 15) is 0 Å². The lowest BCUT2D eigenvalue weighted by Gasteiger charge is -2.07. The molecular weight excluding hydrogens is 242 g/mol. The fourth-order valence-corrected chi connectivity index (χ4v) is 1.81. The number of rotatable bonds is 2. The minimum atomic E-state index is -0.126. The van der Waals surface area contributed by atoms with Gasteiger partial charge in [0.2, 0.25) is 5.96 Å². The molecule has 0 spiro atoms. The second-order valence-corrected chi connectivity index (χ2v) is 3.84. The van der Waals surface area contributed by atoms with E-state index in [0.717, 1.165) is 16.5 Å². The second-order valence-electron chi connectivity index (χ2n) is 3.84. The Balaban J connectivity index is 2.60. The van der Waals surface area contributed by atoms with Crippen LogP contribution in [0.4, 0.5) is 5.69 Å². The van der Waals surface area contributed by atoms with Crippen molar-refractivity contribution in [3.05, 3.63) is 36.4 Å². The van der Waals surface area contributed by atoms with Crippen LogP contribution in [0.5, 0.6) is 5.75 Å². The molecule has 0 bridgehead atoms. The number of hydrogen-bond acceptors (Lipinski definition) is 2. The Morgan fingerprint density at radius 1 is 1.00 bits per heavy atom. The maximum absolute atomic E-state index is 5.64. The summed E-state index contributed by atoms with van der Waals surface area (Å²) in [5.41, 5.74) is 16.8. The smallest absolute Gasteiger partial charge is 0.223 e. The zero-order valence-electron chi connectivity index (χ0n) is 10.5. The summed E-state index contributed by atoms with van der Waals surface area (Å²) in [5, 5.41) is 1.86. The Morgan fingerprint density at radius 3 is 2.32 bits per heavy atom. The van der Waals surface area contributed by atoms with Crippen LogP contribution in [0.25, 0.3) is 10.8 Å². The van der Waals surface area contributed by atoms with Crippen molar-refractivity contribution in [1.29, 1.82) is 0 Å². The van der Waals surface area contributed by atoms with E-state index in [0.29, 0.717) is 5.69 Å². The van der Waals surface area contributed by atoms with Gasteiger partial charge in [-0.1, -0.05) is 24.3 Å². The highest BCUT2D eigenvalue weighted by atomic mass is 16.5. The van der Waals surface area contributed by atoms with Crippen LogP contribution in [0.15, 0.2) is 46.4 Å². The molecule has 19 heavy (non-hydrogen) atoms. The van der Waals surface area contributed by atoms with Crippen molar-refractivity contribution in [2.45, 2.75) is 0 Å². The summed E-state index contributed by atoms with van der Waals surface area (Å²) in [4.78, 5) is 7.88. The van der Waals surface area contributed by atoms with Gasteiger partial charge in [-0.3, -0.25) is 0 Å². The second kappa shape index (κ2) is 5.26. The minimum absolute atomic E-state index is 0.00956. The molecular formula is C13H15N5O. The number of methoxy groups -OCH3 is 1. The largest absolute Gasteiger partial charge is 0.496 e. The summed E-state index contributed by atoms with van der Waals surface area (Å²) in [6, 6.07) is 11.3.